The normalized spacial score (nSPS) is 11.8. The van der Waals surface area contributed by atoms with Gasteiger partial charge in [0.05, 0.1) is 12.3 Å². The van der Waals surface area contributed by atoms with Crippen LogP contribution in [0.25, 0.3) is 0 Å². The van der Waals surface area contributed by atoms with Crippen molar-refractivity contribution in [2.24, 2.45) is 0 Å². The van der Waals surface area contributed by atoms with Crippen molar-refractivity contribution in [3.8, 4) is 0 Å². The summed E-state index contributed by atoms with van der Waals surface area (Å²) in [5.74, 6) is -1.02. The molecule has 0 bridgehead atoms. The third-order valence-electron chi connectivity index (χ3n) is 1.55. The van der Waals surface area contributed by atoms with E-state index in [1.54, 1.807) is 0 Å². The van der Waals surface area contributed by atoms with E-state index in [0.717, 1.165) is 23.1 Å². The lowest BCUT2D eigenvalue weighted by Gasteiger charge is -2.05. The van der Waals surface area contributed by atoms with E-state index in [9.17, 15) is 18.0 Å². The van der Waals surface area contributed by atoms with Crippen molar-refractivity contribution in [2.75, 3.05) is 12.4 Å². The number of carboxylic acids is 1. The van der Waals surface area contributed by atoms with Crippen LogP contribution in [0.3, 0.4) is 0 Å². The first-order chi connectivity index (χ1) is 7.79. The number of aryl methyl sites for hydroxylation is 1. The molecule has 0 aromatic carbocycles. The molecule has 0 fully saturated rings. The zero-order chi connectivity index (χ0) is 13.1. The average molecular weight is 287 g/mol. The predicted molar refractivity (Wildman–Crippen MR) is 56.5 cm³/mol. The molecule has 0 unspecified atom stereocenters. The maximum Gasteiger partial charge on any atom is 0.522 e. The first-order valence-electron chi connectivity index (χ1n) is 4.34. The van der Waals surface area contributed by atoms with Gasteiger partial charge in [-0.25, -0.2) is 9.78 Å². The van der Waals surface area contributed by atoms with E-state index in [4.69, 9.17) is 5.11 Å². The summed E-state index contributed by atoms with van der Waals surface area (Å²) in [5.41, 5.74) is 0.363. The second-order valence-corrected chi connectivity index (χ2v) is 5.18. The van der Waals surface area contributed by atoms with Gasteiger partial charge in [0, 0.05) is 5.75 Å². The summed E-state index contributed by atoms with van der Waals surface area (Å²) >= 11 is 1.97. The maximum atomic E-state index is 11.6. The summed E-state index contributed by atoms with van der Waals surface area (Å²) in [5, 5.41) is 8.74. The van der Waals surface area contributed by atoms with Gasteiger partial charge in [-0.2, -0.15) is 0 Å². The molecule has 0 amide bonds. The Morgan fingerprint density at radius 2 is 2.24 bits per heavy atom. The van der Waals surface area contributed by atoms with Crippen molar-refractivity contribution in [3.63, 3.8) is 0 Å². The number of hydrogen-bond donors (Lipinski definition) is 1. The van der Waals surface area contributed by atoms with Crippen molar-refractivity contribution in [3.05, 3.63) is 10.6 Å². The minimum absolute atomic E-state index is 0.0610. The Balaban J connectivity index is 2.43. The average Bonchev–Trinajstić information content (AvgIpc) is 2.53. The van der Waals surface area contributed by atoms with Gasteiger partial charge in [0.1, 0.15) is 4.88 Å². The summed E-state index contributed by atoms with van der Waals surface area (Å²) in [4.78, 5) is 14.7. The van der Waals surface area contributed by atoms with Gasteiger partial charge >= 0.3 is 12.3 Å². The molecule has 96 valence electrons. The highest BCUT2D eigenvalue weighted by Crippen LogP contribution is 2.27. The number of carboxylic acid groups (broad SMARTS) is 1. The van der Waals surface area contributed by atoms with Crippen LogP contribution >= 0.6 is 23.1 Å². The van der Waals surface area contributed by atoms with Gasteiger partial charge < -0.3 is 5.11 Å². The van der Waals surface area contributed by atoms with Crippen molar-refractivity contribution < 1.29 is 27.8 Å². The van der Waals surface area contributed by atoms with Crippen LogP contribution in [-0.2, 0) is 4.74 Å². The Bertz CT molecular complexity index is 405. The van der Waals surface area contributed by atoms with E-state index in [-0.39, 0.29) is 10.6 Å². The molecule has 0 aliphatic carbocycles. The van der Waals surface area contributed by atoms with Crippen molar-refractivity contribution in [1.82, 2.24) is 4.98 Å². The van der Waals surface area contributed by atoms with Crippen molar-refractivity contribution >= 4 is 29.1 Å². The third kappa shape index (κ3) is 4.92. The fourth-order valence-electron chi connectivity index (χ4n) is 0.918. The summed E-state index contributed by atoms with van der Waals surface area (Å²) in [6.07, 6.45) is -4.63. The molecule has 0 radical (unpaired) electrons. The first-order valence-corrected chi connectivity index (χ1v) is 6.14. The molecule has 1 aromatic heterocycles. The van der Waals surface area contributed by atoms with Gasteiger partial charge in [-0.3, -0.25) is 4.74 Å². The van der Waals surface area contributed by atoms with Gasteiger partial charge in [-0.15, -0.1) is 24.5 Å². The van der Waals surface area contributed by atoms with E-state index in [2.05, 4.69) is 9.72 Å². The fraction of sp³-hybridized carbons (Fsp3) is 0.500. The summed E-state index contributed by atoms with van der Waals surface area (Å²) in [7, 11) is 0. The molecule has 9 heteroatoms. The Morgan fingerprint density at radius 3 is 2.71 bits per heavy atom. The van der Waals surface area contributed by atoms with E-state index < -0.39 is 18.9 Å². The number of ether oxygens (including phenoxy) is 1. The number of nitrogens with zero attached hydrogens (tertiary/aromatic N) is 1. The highest BCUT2D eigenvalue weighted by molar-refractivity contribution is 8.01. The highest BCUT2D eigenvalue weighted by Gasteiger charge is 2.28. The number of carbonyl (C=O) groups is 1. The number of alkyl halides is 3. The molecular weight excluding hydrogens is 279 g/mol. The SMILES string of the molecule is Cc1nc(SCCOC(F)(F)F)sc1C(=O)O. The van der Waals surface area contributed by atoms with Crippen LogP contribution < -0.4 is 0 Å². The molecule has 1 rings (SSSR count). The quantitative estimate of drug-likeness (QED) is 0.666. The predicted octanol–water partition coefficient (Wildman–Crippen LogP) is 2.78. The Hall–Kier alpha value is -0.800. The van der Waals surface area contributed by atoms with Crippen LogP contribution in [0.4, 0.5) is 13.2 Å². The monoisotopic (exact) mass is 287 g/mol. The summed E-state index contributed by atoms with van der Waals surface area (Å²) < 4.78 is 38.9. The molecule has 0 aliphatic heterocycles. The molecule has 17 heavy (non-hydrogen) atoms. The molecule has 0 atom stereocenters. The number of aromatic carboxylic acids is 1. The van der Waals surface area contributed by atoms with Crippen LogP contribution in [0.2, 0.25) is 0 Å². The van der Waals surface area contributed by atoms with E-state index in [0.29, 0.717) is 10.0 Å². The Kier molecular flexibility index (Phi) is 4.78. The number of halogens is 3. The zero-order valence-corrected chi connectivity index (χ0v) is 10.2. The van der Waals surface area contributed by atoms with Gasteiger partial charge in [-0.1, -0.05) is 11.8 Å². The highest BCUT2D eigenvalue weighted by atomic mass is 32.2. The Morgan fingerprint density at radius 1 is 1.59 bits per heavy atom. The standard InChI is InChI=1S/C8H8F3NO3S2/c1-4-5(6(13)14)17-7(12-4)16-3-2-15-8(9,10)11/h2-3H2,1H3,(H,13,14). The van der Waals surface area contributed by atoms with Crippen LogP contribution in [0.15, 0.2) is 4.34 Å². The van der Waals surface area contributed by atoms with Gasteiger partial charge in [0.15, 0.2) is 4.34 Å². The number of hydrogen-bond acceptors (Lipinski definition) is 5. The smallest absolute Gasteiger partial charge is 0.477 e. The van der Waals surface area contributed by atoms with Crippen LogP contribution in [0, 0.1) is 6.92 Å². The van der Waals surface area contributed by atoms with Crippen molar-refractivity contribution in [1.29, 1.82) is 0 Å². The van der Waals surface area contributed by atoms with E-state index >= 15 is 0 Å². The van der Waals surface area contributed by atoms with Crippen LogP contribution in [0.1, 0.15) is 15.4 Å². The number of thiazole rings is 1. The number of rotatable bonds is 5. The molecule has 4 nitrogen and oxygen atoms in total. The fourth-order valence-corrected chi connectivity index (χ4v) is 2.83. The lowest BCUT2D eigenvalue weighted by Crippen LogP contribution is -2.15. The van der Waals surface area contributed by atoms with Gasteiger partial charge in [0.25, 0.3) is 0 Å². The van der Waals surface area contributed by atoms with Crippen LogP contribution in [0.5, 0.6) is 0 Å². The Labute approximate surface area is 103 Å². The first kappa shape index (κ1) is 14.3. The summed E-state index contributed by atoms with van der Waals surface area (Å²) in [6.45, 7) is 1.05. The van der Waals surface area contributed by atoms with Crippen LogP contribution in [-0.4, -0.2) is 34.8 Å². The lowest BCUT2D eigenvalue weighted by molar-refractivity contribution is -0.322. The van der Waals surface area contributed by atoms with Gasteiger partial charge in [0.2, 0.25) is 0 Å². The molecule has 0 spiro atoms. The molecular formula is C8H8F3NO3S2. The van der Waals surface area contributed by atoms with Gasteiger partial charge in [-0.05, 0) is 6.92 Å². The molecule has 1 heterocycles. The lowest BCUT2D eigenvalue weighted by atomic mass is 10.4. The number of thioether (sulfide) groups is 1. The topological polar surface area (TPSA) is 59.4 Å². The molecule has 1 aromatic rings. The van der Waals surface area contributed by atoms with E-state index in [1.807, 2.05) is 0 Å². The second kappa shape index (κ2) is 5.69. The summed E-state index contributed by atoms with van der Waals surface area (Å²) in [6, 6.07) is 0. The maximum absolute atomic E-state index is 11.6. The minimum Gasteiger partial charge on any atom is -0.477 e. The van der Waals surface area contributed by atoms with Crippen molar-refractivity contribution in [2.45, 2.75) is 17.6 Å². The molecule has 0 saturated heterocycles. The molecule has 0 saturated carbocycles. The largest absolute Gasteiger partial charge is 0.522 e. The molecule has 1 N–H and O–H groups in total. The number of aromatic nitrogens is 1. The second-order valence-electron chi connectivity index (χ2n) is 2.84. The molecule has 0 aliphatic rings. The van der Waals surface area contributed by atoms with E-state index in [1.165, 1.54) is 6.92 Å². The minimum atomic E-state index is -4.63. The third-order valence-corrected chi connectivity index (χ3v) is 3.80. The zero-order valence-electron chi connectivity index (χ0n) is 8.58.